The van der Waals surface area contributed by atoms with Gasteiger partial charge in [-0.3, -0.25) is 4.79 Å². The first-order chi connectivity index (χ1) is 7.08. The van der Waals surface area contributed by atoms with E-state index in [1.54, 1.807) is 4.90 Å². The van der Waals surface area contributed by atoms with E-state index in [9.17, 15) is 4.79 Å². The number of hydrogen-bond donors (Lipinski definition) is 1. The van der Waals surface area contributed by atoms with E-state index in [0.717, 1.165) is 16.3 Å². The maximum absolute atomic E-state index is 11.6. The average Bonchev–Trinajstić information content (AvgIpc) is 2.50. The Labute approximate surface area is 106 Å². The minimum absolute atomic E-state index is 0. The van der Waals surface area contributed by atoms with E-state index in [0.29, 0.717) is 13.0 Å². The first-order valence-electron chi connectivity index (χ1n) is 4.90. The summed E-state index contributed by atoms with van der Waals surface area (Å²) in [6.07, 6.45) is 0.432. The van der Waals surface area contributed by atoms with Crippen molar-refractivity contribution in [2.75, 3.05) is 11.4 Å². The molecule has 0 bridgehead atoms. The second-order valence-corrected chi connectivity index (χ2v) is 4.31. The predicted octanol–water partition coefficient (Wildman–Crippen LogP) is 2.13. The second-order valence-electron chi connectivity index (χ2n) is 3.90. The molecule has 0 aromatic heterocycles. The molecule has 1 atom stereocenters. The highest BCUT2D eigenvalue weighted by Gasteiger charge is 2.27. The lowest BCUT2D eigenvalue weighted by molar-refractivity contribution is -0.117. The topological polar surface area (TPSA) is 46.3 Å². The Morgan fingerprint density at radius 1 is 1.50 bits per heavy atom. The Kier molecular flexibility index (Phi) is 4.19. The molecule has 3 nitrogen and oxygen atoms in total. The van der Waals surface area contributed by atoms with Gasteiger partial charge in [0.15, 0.2) is 0 Å². The zero-order valence-corrected chi connectivity index (χ0v) is 10.5. The summed E-state index contributed by atoms with van der Waals surface area (Å²) >= 11 is 5.92. The molecule has 0 radical (unpaired) electrons. The van der Waals surface area contributed by atoms with Crippen molar-refractivity contribution in [1.29, 1.82) is 0 Å². The molecule has 1 amide bonds. The van der Waals surface area contributed by atoms with Crippen LogP contribution in [0.3, 0.4) is 0 Å². The zero-order chi connectivity index (χ0) is 11.0. The van der Waals surface area contributed by atoms with Crippen LogP contribution in [0, 0.1) is 6.92 Å². The van der Waals surface area contributed by atoms with Gasteiger partial charge in [-0.15, -0.1) is 12.4 Å². The van der Waals surface area contributed by atoms with Crippen LogP contribution in [0.15, 0.2) is 18.2 Å². The van der Waals surface area contributed by atoms with E-state index in [4.69, 9.17) is 17.3 Å². The van der Waals surface area contributed by atoms with Gasteiger partial charge < -0.3 is 10.6 Å². The SMILES string of the molecule is Cc1cc(N2CC(N)CC2=O)ccc1Cl.Cl. The Morgan fingerprint density at radius 3 is 2.69 bits per heavy atom. The molecule has 1 fully saturated rings. The third kappa shape index (κ3) is 2.48. The van der Waals surface area contributed by atoms with Crippen molar-refractivity contribution in [2.24, 2.45) is 5.73 Å². The van der Waals surface area contributed by atoms with Crippen LogP contribution in [0.25, 0.3) is 0 Å². The molecule has 1 aromatic carbocycles. The van der Waals surface area contributed by atoms with Crippen LogP contribution < -0.4 is 10.6 Å². The molecule has 0 aliphatic carbocycles. The standard InChI is InChI=1S/C11H13ClN2O.ClH/c1-7-4-9(2-3-10(7)12)14-6-8(13)5-11(14)15;/h2-4,8H,5-6,13H2,1H3;1H. The van der Waals surface area contributed by atoms with Gasteiger partial charge >= 0.3 is 0 Å². The fraction of sp³-hybridized carbons (Fsp3) is 0.364. The number of rotatable bonds is 1. The molecule has 0 spiro atoms. The lowest BCUT2D eigenvalue weighted by atomic mass is 10.2. The number of halogens is 2. The van der Waals surface area contributed by atoms with E-state index < -0.39 is 0 Å². The number of benzene rings is 1. The molecule has 0 saturated carbocycles. The van der Waals surface area contributed by atoms with Crippen LogP contribution in [0.5, 0.6) is 0 Å². The number of anilines is 1. The summed E-state index contributed by atoms with van der Waals surface area (Å²) in [6.45, 7) is 2.52. The maximum atomic E-state index is 11.6. The Balaban J connectivity index is 0.00000128. The van der Waals surface area contributed by atoms with Gasteiger partial charge in [-0.2, -0.15) is 0 Å². The molecule has 1 heterocycles. The van der Waals surface area contributed by atoms with Gasteiger partial charge in [0.05, 0.1) is 0 Å². The first-order valence-corrected chi connectivity index (χ1v) is 5.28. The van der Waals surface area contributed by atoms with Gasteiger partial charge in [0.25, 0.3) is 0 Å². The zero-order valence-electron chi connectivity index (χ0n) is 8.94. The monoisotopic (exact) mass is 260 g/mol. The van der Waals surface area contributed by atoms with E-state index in [1.807, 2.05) is 25.1 Å². The van der Waals surface area contributed by atoms with Crippen LogP contribution in [-0.4, -0.2) is 18.5 Å². The lowest BCUT2D eigenvalue weighted by Crippen LogP contribution is -2.27. The van der Waals surface area contributed by atoms with E-state index >= 15 is 0 Å². The molecule has 16 heavy (non-hydrogen) atoms. The molecule has 1 unspecified atom stereocenters. The van der Waals surface area contributed by atoms with Crippen LogP contribution in [0.4, 0.5) is 5.69 Å². The molecule has 2 rings (SSSR count). The van der Waals surface area contributed by atoms with Crippen molar-refractivity contribution in [3.8, 4) is 0 Å². The highest BCUT2D eigenvalue weighted by atomic mass is 35.5. The summed E-state index contributed by atoms with van der Waals surface area (Å²) < 4.78 is 0. The number of amides is 1. The van der Waals surface area contributed by atoms with Gasteiger partial charge in [0, 0.05) is 29.7 Å². The molecule has 1 aliphatic rings. The van der Waals surface area contributed by atoms with Crippen LogP contribution in [0.2, 0.25) is 5.02 Å². The van der Waals surface area contributed by atoms with Gasteiger partial charge in [0.1, 0.15) is 0 Å². The number of carbonyl (C=O) groups excluding carboxylic acids is 1. The third-order valence-electron chi connectivity index (χ3n) is 2.61. The summed E-state index contributed by atoms with van der Waals surface area (Å²) in [6, 6.07) is 5.53. The van der Waals surface area contributed by atoms with Gasteiger partial charge in [-0.1, -0.05) is 11.6 Å². The first kappa shape index (κ1) is 13.3. The van der Waals surface area contributed by atoms with Crippen molar-refractivity contribution < 1.29 is 4.79 Å². The van der Waals surface area contributed by atoms with Crippen molar-refractivity contribution in [3.63, 3.8) is 0 Å². The van der Waals surface area contributed by atoms with Crippen LogP contribution in [0.1, 0.15) is 12.0 Å². The normalized spacial score (nSPS) is 19.8. The summed E-state index contributed by atoms with van der Waals surface area (Å²) in [5.41, 5.74) is 7.59. The van der Waals surface area contributed by atoms with Crippen molar-refractivity contribution in [2.45, 2.75) is 19.4 Å². The van der Waals surface area contributed by atoms with Gasteiger partial charge in [-0.05, 0) is 30.7 Å². The van der Waals surface area contributed by atoms with E-state index in [-0.39, 0.29) is 24.4 Å². The average molecular weight is 261 g/mol. The van der Waals surface area contributed by atoms with Gasteiger partial charge in [-0.25, -0.2) is 0 Å². The molecule has 5 heteroatoms. The van der Waals surface area contributed by atoms with E-state index in [2.05, 4.69) is 0 Å². The fourth-order valence-electron chi connectivity index (χ4n) is 1.78. The molecular weight excluding hydrogens is 247 g/mol. The smallest absolute Gasteiger partial charge is 0.228 e. The number of aryl methyl sites for hydroxylation is 1. The molecular formula is C11H14Cl2N2O. The lowest BCUT2D eigenvalue weighted by Gasteiger charge is -2.16. The van der Waals surface area contributed by atoms with Crippen molar-refractivity contribution >= 4 is 35.6 Å². The number of nitrogens with two attached hydrogens (primary N) is 1. The number of hydrogen-bond acceptors (Lipinski definition) is 2. The highest BCUT2D eigenvalue weighted by Crippen LogP contribution is 2.25. The quantitative estimate of drug-likeness (QED) is 0.841. The Bertz CT molecular complexity index is 409. The van der Waals surface area contributed by atoms with Crippen molar-refractivity contribution in [1.82, 2.24) is 0 Å². The summed E-state index contributed by atoms with van der Waals surface area (Å²) in [4.78, 5) is 13.3. The molecule has 2 N–H and O–H groups in total. The minimum atomic E-state index is -0.0477. The third-order valence-corrected chi connectivity index (χ3v) is 3.03. The van der Waals surface area contributed by atoms with Crippen LogP contribution in [-0.2, 0) is 4.79 Å². The second kappa shape index (κ2) is 5.04. The number of nitrogens with zero attached hydrogens (tertiary/aromatic N) is 1. The molecule has 1 saturated heterocycles. The summed E-state index contributed by atoms with van der Waals surface area (Å²) in [5, 5.41) is 0.717. The largest absolute Gasteiger partial charge is 0.326 e. The molecule has 1 aliphatic heterocycles. The Hall–Kier alpha value is -0.770. The highest BCUT2D eigenvalue weighted by molar-refractivity contribution is 6.31. The van der Waals surface area contributed by atoms with E-state index in [1.165, 1.54) is 0 Å². The molecule has 1 aromatic rings. The Morgan fingerprint density at radius 2 is 2.19 bits per heavy atom. The number of carbonyl (C=O) groups is 1. The van der Waals surface area contributed by atoms with Gasteiger partial charge in [0.2, 0.25) is 5.91 Å². The van der Waals surface area contributed by atoms with Crippen molar-refractivity contribution in [3.05, 3.63) is 28.8 Å². The van der Waals surface area contributed by atoms with Crippen LogP contribution >= 0.6 is 24.0 Å². The maximum Gasteiger partial charge on any atom is 0.228 e. The summed E-state index contributed by atoms with van der Waals surface area (Å²) in [5.74, 6) is 0.0872. The molecule has 88 valence electrons. The fourth-order valence-corrected chi connectivity index (χ4v) is 1.90. The predicted molar refractivity (Wildman–Crippen MR) is 68.4 cm³/mol. The summed E-state index contributed by atoms with van der Waals surface area (Å²) in [7, 11) is 0. The minimum Gasteiger partial charge on any atom is -0.326 e.